The van der Waals surface area contributed by atoms with E-state index in [1.54, 1.807) is 6.08 Å². The summed E-state index contributed by atoms with van der Waals surface area (Å²) < 4.78 is 0. The smallest absolute Gasteiger partial charge is 0.307 e. The molecule has 0 spiro atoms. The summed E-state index contributed by atoms with van der Waals surface area (Å²) in [5.74, 6) is -0.196. The summed E-state index contributed by atoms with van der Waals surface area (Å²) in [4.78, 5) is 12.5. The number of carboxylic acid groups (broad SMARTS) is 1. The van der Waals surface area contributed by atoms with E-state index in [1.807, 2.05) is 6.08 Å². The van der Waals surface area contributed by atoms with Crippen LogP contribution in [0.2, 0.25) is 0 Å². The molecular formula is C10H17NO2. The van der Waals surface area contributed by atoms with Gasteiger partial charge in [0.25, 0.3) is 0 Å². The SMILES string of the molecule is CN1CCCC(/C=C\CC(=O)O)C1. The van der Waals surface area contributed by atoms with Gasteiger partial charge in [0.1, 0.15) is 0 Å². The lowest BCUT2D eigenvalue weighted by molar-refractivity contribution is -0.136. The molecule has 1 heterocycles. The highest BCUT2D eigenvalue weighted by Gasteiger charge is 2.13. The lowest BCUT2D eigenvalue weighted by Crippen LogP contribution is -2.31. The van der Waals surface area contributed by atoms with E-state index in [1.165, 1.54) is 19.4 Å². The topological polar surface area (TPSA) is 40.5 Å². The molecule has 0 bridgehead atoms. The number of carbonyl (C=O) groups is 1. The van der Waals surface area contributed by atoms with Crippen molar-refractivity contribution in [2.75, 3.05) is 20.1 Å². The third-order valence-electron chi connectivity index (χ3n) is 2.36. The van der Waals surface area contributed by atoms with Crippen molar-refractivity contribution in [3.63, 3.8) is 0 Å². The van der Waals surface area contributed by atoms with E-state index in [0.29, 0.717) is 5.92 Å². The van der Waals surface area contributed by atoms with E-state index in [2.05, 4.69) is 11.9 Å². The summed E-state index contributed by atoms with van der Waals surface area (Å²) in [5, 5.41) is 8.43. The highest BCUT2D eigenvalue weighted by Crippen LogP contribution is 2.16. The largest absolute Gasteiger partial charge is 0.481 e. The Morgan fingerprint density at radius 1 is 1.69 bits per heavy atom. The fourth-order valence-electron chi connectivity index (χ4n) is 1.72. The fourth-order valence-corrected chi connectivity index (χ4v) is 1.72. The lowest BCUT2D eigenvalue weighted by atomic mass is 9.98. The van der Waals surface area contributed by atoms with E-state index in [0.717, 1.165) is 6.54 Å². The number of aliphatic carboxylic acids is 1. The first-order valence-electron chi connectivity index (χ1n) is 4.75. The minimum Gasteiger partial charge on any atom is -0.481 e. The number of nitrogens with zero attached hydrogens (tertiary/aromatic N) is 1. The molecule has 0 radical (unpaired) electrons. The van der Waals surface area contributed by atoms with Crippen LogP contribution in [0.1, 0.15) is 19.3 Å². The van der Waals surface area contributed by atoms with Gasteiger partial charge in [0.05, 0.1) is 6.42 Å². The Balaban J connectivity index is 2.27. The molecule has 1 unspecified atom stereocenters. The van der Waals surface area contributed by atoms with Crippen molar-refractivity contribution in [3.8, 4) is 0 Å². The molecule has 1 saturated heterocycles. The molecule has 13 heavy (non-hydrogen) atoms. The molecule has 1 atom stereocenters. The third-order valence-corrected chi connectivity index (χ3v) is 2.36. The maximum absolute atomic E-state index is 10.2. The summed E-state index contributed by atoms with van der Waals surface area (Å²) in [5.41, 5.74) is 0. The van der Waals surface area contributed by atoms with Gasteiger partial charge in [0, 0.05) is 6.54 Å². The summed E-state index contributed by atoms with van der Waals surface area (Å²) in [6.45, 7) is 2.24. The lowest BCUT2D eigenvalue weighted by Gasteiger charge is -2.27. The molecular weight excluding hydrogens is 166 g/mol. The second-order valence-electron chi connectivity index (χ2n) is 3.69. The quantitative estimate of drug-likeness (QED) is 0.672. The minimum atomic E-state index is -0.750. The number of hydrogen-bond acceptors (Lipinski definition) is 2. The Kier molecular flexibility index (Phi) is 3.96. The van der Waals surface area contributed by atoms with Crippen LogP contribution in [0.25, 0.3) is 0 Å². The Hall–Kier alpha value is -0.830. The number of piperidine rings is 1. The molecule has 0 aromatic heterocycles. The number of rotatable bonds is 3. The Morgan fingerprint density at radius 2 is 2.46 bits per heavy atom. The number of likely N-dealkylation sites (tertiary alicyclic amines) is 1. The van der Waals surface area contributed by atoms with Crippen molar-refractivity contribution in [1.82, 2.24) is 4.90 Å². The monoisotopic (exact) mass is 183 g/mol. The third kappa shape index (κ3) is 4.08. The first-order chi connectivity index (χ1) is 6.18. The van der Waals surface area contributed by atoms with Gasteiger partial charge in [-0.25, -0.2) is 0 Å². The number of carboxylic acids is 1. The molecule has 1 rings (SSSR count). The molecule has 1 N–H and O–H groups in total. The van der Waals surface area contributed by atoms with Gasteiger partial charge in [0.15, 0.2) is 0 Å². The van der Waals surface area contributed by atoms with E-state index in [-0.39, 0.29) is 6.42 Å². The van der Waals surface area contributed by atoms with E-state index in [4.69, 9.17) is 5.11 Å². The Bertz CT molecular complexity index is 201. The van der Waals surface area contributed by atoms with Gasteiger partial charge >= 0.3 is 5.97 Å². The van der Waals surface area contributed by atoms with E-state index < -0.39 is 5.97 Å². The first-order valence-corrected chi connectivity index (χ1v) is 4.75. The van der Waals surface area contributed by atoms with Crippen molar-refractivity contribution >= 4 is 5.97 Å². The minimum absolute atomic E-state index is 0.153. The second kappa shape index (κ2) is 5.02. The van der Waals surface area contributed by atoms with Gasteiger partial charge in [0.2, 0.25) is 0 Å². The molecule has 1 fully saturated rings. The van der Waals surface area contributed by atoms with Crippen LogP contribution < -0.4 is 0 Å². The zero-order valence-electron chi connectivity index (χ0n) is 8.07. The highest BCUT2D eigenvalue weighted by molar-refractivity contribution is 5.68. The molecule has 3 heteroatoms. The molecule has 0 aliphatic carbocycles. The van der Waals surface area contributed by atoms with Crippen LogP contribution in [0.3, 0.4) is 0 Å². The highest BCUT2D eigenvalue weighted by atomic mass is 16.4. The average molecular weight is 183 g/mol. The van der Waals surface area contributed by atoms with Crippen LogP contribution >= 0.6 is 0 Å². The molecule has 0 saturated carbocycles. The second-order valence-corrected chi connectivity index (χ2v) is 3.69. The molecule has 0 amide bonds. The molecule has 0 aromatic carbocycles. The van der Waals surface area contributed by atoms with Gasteiger partial charge in [-0.05, 0) is 32.4 Å². The van der Waals surface area contributed by atoms with Crippen molar-refractivity contribution in [3.05, 3.63) is 12.2 Å². The van der Waals surface area contributed by atoms with Crippen LogP contribution in [0.4, 0.5) is 0 Å². The van der Waals surface area contributed by atoms with Crippen LogP contribution in [0.5, 0.6) is 0 Å². The summed E-state index contributed by atoms with van der Waals surface area (Å²) in [6.07, 6.45) is 6.38. The van der Waals surface area contributed by atoms with Gasteiger partial charge in [-0.3, -0.25) is 4.79 Å². The zero-order chi connectivity index (χ0) is 9.68. The van der Waals surface area contributed by atoms with E-state index >= 15 is 0 Å². The van der Waals surface area contributed by atoms with Crippen molar-refractivity contribution in [2.45, 2.75) is 19.3 Å². The van der Waals surface area contributed by atoms with Crippen LogP contribution in [-0.2, 0) is 4.79 Å². The maximum atomic E-state index is 10.2. The molecule has 0 aromatic rings. The predicted octanol–water partition coefficient (Wildman–Crippen LogP) is 1.36. The summed E-state index contributed by atoms with van der Waals surface area (Å²) >= 11 is 0. The van der Waals surface area contributed by atoms with Gasteiger partial charge < -0.3 is 10.0 Å². The fraction of sp³-hybridized carbons (Fsp3) is 0.700. The van der Waals surface area contributed by atoms with Crippen LogP contribution in [-0.4, -0.2) is 36.1 Å². The zero-order valence-corrected chi connectivity index (χ0v) is 8.07. The predicted molar refractivity (Wildman–Crippen MR) is 51.6 cm³/mol. The van der Waals surface area contributed by atoms with Gasteiger partial charge in [-0.2, -0.15) is 0 Å². The van der Waals surface area contributed by atoms with Crippen molar-refractivity contribution in [1.29, 1.82) is 0 Å². The first kappa shape index (κ1) is 10.3. The van der Waals surface area contributed by atoms with E-state index in [9.17, 15) is 4.79 Å². The standard InChI is InChI=1S/C10H17NO2/c1-11-7-3-5-9(8-11)4-2-6-10(12)13/h2,4,9H,3,5-8H2,1H3,(H,12,13)/b4-2-. The Morgan fingerprint density at radius 3 is 3.08 bits per heavy atom. The molecule has 1 aliphatic rings. The normalized spacial score (nSPS) is 25.2. The Labute approximate surface area is 79.0 Å². The maximum Gasteiger partial charge on any atom is 0.307 e. The van der Waals surface area contributed by atoms with Gasteiger partial charge in [-0.1, -0.05) is 12.2 Å². The number of hydrogen-bond donors (Lipinski definition) is 1. The molecule has 1 aliphatic heterocycles. The van der Waals surface area contributed by atoms with Gasteiger partial charge in [-0.15, -0.1) is 0 Å². The molecule has 3 nitrogen and oxygen atoms in total. The van der Waals surface area contributed by atoms with Crippen LogP contribution in [0, 0.1) is 5.92 Å². The summed E-state index contributed by atoms with van der Waals surface area (Å²) in [7, 11) is 2.11. The average Bonchev–Trinajstić information content (AvgIpc) is 2.03. The summed E-state index contributed by atoms with van der Waals surface area (Å²) in [6, 6.07) is 0. The van der Waals surface area contributed by atoms with Crippen LogP contribution in [0.15, 0.2) is 12.2 Å². The molecule has 74 valence electrons. The van der Waals surface area contributed by atoms with Crippen molar-refractivity contribution < 1.29 is 9.90 Å². The van der Waals surface area contributed by atoms with Crippen molar-refractivity contribution in [2.24, 2.45) is 5.92 Å².